The molecule has 0 saturated heterocycles. The summed E-state index contributed by atoms with van der Waals surface area (Å²) in [6.07, 6.45) is 1.12. The standard InChI is InChI=1S/C12H20N2OS.ClH/c1-4-5-13-6-7-14-12(15)11-8-9(2)10(3)16-11;/h8,13H,4-7H2,1-3H3,(H,14,15);1H. The molecule has 0 aliphatic heterocycles. The van der Waals surface area contributed by atoms with Crippen LogP contribution in [0.3, 0.4) is 0 Å². The Bertz CT molecular complexity index is 333. The first-order chi connectivity index (χ1) is 7.65. The summed E-state index contributed by atoms with van der Waals surface area (Å²) in [7, 11) is 0. The third-order valence-corrected chi connectivity index (χ3v) is 3.56. The molecule has 0 unspecified atom stereocenters. The predicted octanol–water partition coefficient (Wildman–Crippen LogP) is 2.52. The predicted molar refractivity (Wildman–Crippen MR) is 76.5 cm³/mol. The smallest absolute Gasteiger partial charge is 0.261 e. The Balaban J connectivity index is 0.00000256. The SMILES string of the molecule is CCCNCCNC(=O)c1cc(C)c(C)s1.Cl. The Morgan fingerprint density at radius 1 is 1.29 bits per heavy atom. The van der Waals surface area contributed by atoms with E-state index in [-0.39, 0.29) is 18.3 Å². The van der Waals surface area contributed by atoms with Crippen molar-refractivity contribution in [3.8, 4) is 0 Å². The number of halogens is 1. The zero-order chi connectivity index (χ0) is 12.0. The van der Waals surface area contributed by atoms with E-state index in [0.717, 1.165) is 24.4 Å². The van der Waals surface area contributed by atoms with Gasteiger partial charge in [-0.15, -0.1) is 23.7 Å². The van der Waals surface area contributed by atoms with E-state index in [1.54, 1.807) is 11.3 Å². The minimum Gasteiger partial charge on any atom is -0.350 e. The maximum Gasteiger partial charge on any atom is 0.261 e. The Hall–Kier alpha value is -0.580. The number of amides is 1. The number of hydrogen-bond acceptors (Lipinski definition) is 3. The van der Waals surface area contributed by atoms with Crippen LogP contribution in [0.15, 0.2) is 6.07 Å². The minimum absolute atomic E-state index is 0. The fourth-order valence-electron chi connectivity index (χ4n) is 1.34. The largest absolute Gasteiger partial charge is 0.350 e. The number of carbonyl (C=O) groups is 1. The molecule has 0 aliphatic rings. The number of aryl methyl sites for hydroxylation is 2. The van der Waals surface area contributed by atoms with Crippen LogP contribution in [0.2, 0.25) is 0 Å². The Morgan fingerprint density at radius 2 is 2.00 bits per heavy atom. The van der Waals surface area contributed by atoms with Crippen LogP contribution < -0.4 is 10.6 Å². The highest BCUT2D eigenvalue weighted by atomic mass is 35.5. The molecule has 0 fully saturated rings. The first-order valence-electron chi connectivity index (χ1n) is 5.71. The lowest BCUT2D eigenvalue weighted by Crippen LogP contribution is -2.31. The van der Waals surface area contributed by atoms with Gasteiger partial charge in [-0.2, -0.15) is 0 Å². The van der Waals surface area contributed by atoms with Crippen LogP contribution in [0, 0.1) is 13.8 Å². The minimum atomic E-state index is 0. The number of carbonyl (C=O) groups excluding carboxylic acids is 1. The van der Waals surface area contributed by atoms with Gasteiger partial charge < -0.3 is 10.6 Å². The maximum absolute atomic E-state index is 11.7. The van der Waals surface area contributed by atoms with Gasteiger partial charge in [0, 0.05) is 18.0 Å². The van der Waals surface area contributed by atoms with E-state index >= 15 is 0 Å². The molecule has 1 aromatic heterocycles. The molecule has 0 saturated carbocycles. The van der Waals surface area contributed by atoms with Gasteiger partial charge in [0.25, 0.3) is 5.91 Å². The first kappa shape index (κ1) is 16.4. The molecule has 1 amide bonds. The molecule has 0 aromatic carbocycles. The highest BCUT2D eigenvalue weighted by molar-refractivity contribution is 7.14. The van der Waals surface area contributed by atoms with Crippen LogP contribution in [0.5, 0.6) is 0 Å². The third-order valence-electron chi connectivity index (χ3n) is 2.40. The quantitative estimate of drug-likeness (QED) is 0.784. The van der Waals surface area contributed by atoms with Crippen molar-refractivity contribution in [1.82, 2.24) is 10.6 Å². The van der Waals surface area contributed by atoms with E-state index in [9.17, 15) is 4.79 Å². The molecule has 5 heteroatoms. The van der Waals surface area contributed by atoms with Crippen molar-refractivity contribution in [2.24, 2.45) is 0 Å². The van der Waals surface area contributed by atoms with Gasteiger partial charge in [-0.3, -0.25) is 4.79 Å². The van der Waals surface area contributed by atoms with Crippen molar-refractivity contribution in [3.05, 3.63) is 21.4 Å². The monoisotopic (exact) mass is 276 g/mol. The highest BCUT2D eigenvalue weighted by Crippen LogP contribution is 2.20. The van der Waals surface area contributed by atoms with Gasteiger partial charge in [0.15, 0.2) is 0 Å². The van der Waals surface area contributed by atoms with Crippen molar-refractivity contribution >= 4 is 29.7 Å². The van der Waals surface area contributed by atoms with Crippen molar-refractivity contribution in [3.63, 3.8) is 0 Å². The summed E-state index contributed by atoms with van der Waals surface area (Å²) >= 11 is 1.56. The molecule has 2 N–H and O–H groups in total. The number of thiophene rings is 1. The molecule has 0 atom stereocenters. The van der Waals surface area contributed by atoms with Gasteiger partial charge in [-0.1, -0.05) is 6.92 Å². The molecule has 98 valence electrons. The Labute approximate surface area is 113 Å². The zero-order valence-corrected chi connectivity index (χ0v) is 12.3. The Morgan fingerprint density at radius 3 is 2.53 bits per heavy atom. The van der Waals surface area contributed by atoms with Crippen LogP contribution in [0.4, 0.5) is 0 Å². The van der Waals surface area contributed by atoms with Crippen molar-refractivity contribution < 1.29 is 4.79 Å². The molecule has 17 heavy (non-hydrogen) atoms. The molecule has 0 bridgehead atoms. The first-order valence-corrected chi connectivity index (χ1v) is 6.52. The normalized spacial score (nSPS) is 9.82. The van der Waals surface area contributed by atoms with Crippen LogP contribution in [-0.4, -0.2) is 25.5 Å². The van der Waals surface area contributed by atoms with Crippen molar-refractivity contribution in [2.45, 2.75) is 27.2 Å². The number of hydrogen-bond donors (Lipinski definition) is 2. The van der Waals surface area contributed by atoms with E-state index in [4.69, 9.17) is 0 Å². The fraction of sp³-hybridized carbons (Fsp3) is 0.583. The second-order valence-electron chi connectivity index (χ2n) is 3.86. The van der Waals surface area contributed by atoms with E-state index in [1.807, 2.05) is 19.9 Å². The molecule has 0 spiro atoms. The van der Waals surface area contributed by atoms with Crippen molar-refractivity contribution in [2.75, 3.05) is 19.6 Å². The molecule has 0 aliphatic carbocycles. The van der Waals surface area contributed by atoms with E-state index < -0.39 is 0 Å². The second kappa shape index (κ2) is 8.50. The summed E-state index contributed by atoms with van der Waals surface area (Å²) < 4.78 is 0. The molecular formula is C12H21ClN2OS. The lowest BCUT2D eigenvalue weighted by Gasteiger charge is -2.04. The molecule has 3 nitrogen and oxygen atoms in total. The van der Waals surface area contributed by atoms with Crippen LogP contribution in [-0.2, 0) is 0 Å². The number of nitrogens with one attached hydrogen (secondary N) is 2. The topological polar surface area (TPSA) is 41.1 Å². The molecule has 1 heterocycles. The lowest BCUT2D eigenvalue weighted by molar-refractivity contribution is 0.0958. The summed E-state index contributed by atoms with van der Waals surface area (Å²) in [5, 5.41) is 6.15. The van der Waals surface area contributed by atoms with Gasteiger partial charge >= 0.3 is 0 Å². The van der Waals surface area contributed by atoms with Gasteiger partial charge in [0.05, 0.1) is 4.88 Å². The van der Waals surface area contributed by atoms with Crippen LogP contribution in [0.25, 0.3) is 0 Å². The highest BCUT2D eigenvalue weighted by Gasteiger charge is 2.09. The molecule has 0 radical (unpaired) electrons. The van der Waals surface area contributed by atoms with Crippen molar-refractivity contribution in [1.29, 1.82) is 0 Å². The Kier molecular flexibility index (Phi) is 8.21. The average molecular weight is 277 g/mol. The number of rotatable bonds is 6. The van der Waals surface area contributed by atoms with Gasteiger partial charge in [0.2, 0.25) is 0 Å². The summed E-state index contributed by atoms with van der Waals surface area (Å²) in [4.78, 5) is 13.7. The van der Waals surface area contributed by atoms with E-state index in [1.165, 1.54) is 10.4 Å². The fourth-order valence-corrected chi connectivity index (χ4v) is 2.29. The van der Waals surface area contributed by atoms with Gasteiger partial charge in [-0.05, 0) is 38.4 Å². The van der Waals surface area contributed by atoms with E-state index in [0.29, 0.717) is 6.54 Å². The van der Waals surface area contributed by atoms with Crippen LogP contribution in [0.1, 0.15) is 33.5 Å². The molecule has 1 aromatic rings. The lowest BCUT2D eigenvalue weighted by atomic mass is 10.3. The molecular weight excluding hydrogens is 256 g/mol. The van der Waals surface area contributed by atoms with Gasteiger partial charge in [0.1, 0.15) is 0 Å². The van der Waals surface area contributed by atoms with E-state index in [2.05, 4.69) is 17.6 Å². The average Bonchev–Trinajstić information content (AvgIpc) is 2.59. The summed E-state index contributed by atoms with van der Waals surface area (Å²) in [5.41, 5.74) is 1.19. The van der Waals surface area contributed by atoms with Gasteiger partial charge in [-0.25, -0.2) is 0 Å². The summed E-state index contributed by atoms with van der Waals surface area (Å²) in [6, 6.07) is 1.95. The maximum atomic E-state index is 11.7. The molecule has 1 rings (SSSR count). The second-order valence-corrected chi connectivity index (χ2v) is 5.11. The third kappa shape index (κ3) is 5.52. The van der Waals surface area contributed by atoms with Crippen LogP contribution >= 0.6 is 23.7 Å². The summed E-state index contributed by atoms with van der Waals surface area (Å²) in [6.45, 7) is 8.73. The zero-order valence-electron chi connectivity index (χ0n) is 10.6. The summed E-state index contributed by atoms with van der Waals surface area (Å²) in [5.74, 6) is 0.0412.